The lowest BCUT2D eigenvalue weighted by atomic mass is 9.75. The molecular formula is C19H26Cl2N2O4. The van der Waals surface area contributed by atoms with Gasteiger partial charge in [-0.25, -0.2) is 4.79 Å². The van der Waals surface area contributed by atoms with Gasteiger partial charge in [0.15, 0.2) is 5.75 Å². The van der Waals surface area contributed by atoms with E-state index in [1.54, 1.807) is 6.92 Å². The van der Waals surface area contributed by atoms with Gasteiger partial charge >= 0.3 is 6.09 Å². The summed E-state index contributed by atoms with van der Waals surface area (Å²) in [5, 5.41) is 5.77. The molecule has 1 aromatic carbocycles. The Bertz CT molecular complexity index is 667. The summed E-state index contributed by atoms with van der Waals surface area (Å²) in [4.78, 5) is 24.6. The molecule has 0 bridgehead atoms. The summed E-state index contributed by atoms with van der Waals surface area (Å²) in [6, 6.07) is 2.83. The summed E-state index contributed by atoms with van der Waals surface area (Å²) in [5.41, 5.74) is 0.0892. The number of amides is 2. The Kier molecular flexibility index (Phi) is 7.77. The third kappa shape index (κ3) is 5.99. The van der Waals surface area contributed by atoms with Crippen molar-refractivity contribution < 1.29 is 19.1 Å². The molecule has 1 fully saturated rings. The predicted octanol–water partition coefficient (Wildman–Crippen LogP) is 5.03. The summed E-state index contributed by atoms with van der Waals surface area (Å²) >= 11 is 12.4. The minimum Gasteiger partial charge on any atom is -0.407 e. The number of carbonyl (C=O) groups is 2. The highest BCUT2D eigenvalue weighted by Gasteiger charge is 2.34. The van der Waals surface area contributed by atoms with Crippen molar-refractivity contribution in [2.24, 2.45) is 5.41 Å². The van der Waals surface area contributed by atoms with Crippen molar-refractivity contribution in [2.75, 3.05) is 19.0 Å². The van der Waals surface area contributed by atoms with Gasteiger partial charge in [-0.1, -0.05) is 49.4 Å². The third-order valence-corrected chi connectivity index (χ3v) is 5.30. The van der Waals surface area contributed by atoms with Crippen LogP contribution in [0.3, 0.4) is 0 Å². The molecule has 27 heavy (non-hydrogen) atoms. The number of halogens is 2. The van der Waals surface area contributed by atoms with Crippen molar-refractivity contribution in [1.82, 2.24) is 5.32 Å². The summed E-state index contributed by atoms with van der Waals surface area (Å²) < 4.78 is 10.2. The molecule has 150 valence electrons. The molecule has 0 aliphatic heterocycles. The zero-order chi connectivity index (χ0) is 20.0. The standard InChI is InChI=1S/C19H26Cl2N2O4/c1-12(11-26-3)22-18(25)27-16-14(20)9-13(10-15(16)21)23-17(24)19(2)7-5-4-6-8-19/h9-10,12H,4-8,11H2,1-3H3,(H,22,25)(H,23,24). The van der Waals surface area contributed by atoms with Crippen LogP contribution in [-0.2, 0) is 9.53 Å². The van der Waals surface area contributed by atoms with Gasteiger partial charge in [0.05, 0.1) is 22.7 Å². The maximum absolute atomic E-state index is 12.7. The Morgan fingerprint density at radius 3 is 2.33 bits per heavy atom. The number of hydrogen-bond acceptors (Lipinski definition) is 4. The molecule has 1 saturated carbocycles. The van der Waals surface area contributed by atoms with E-state index < -0.39 is 6.09 Å². The molecular weight excluding hydrogens is 391 g/mol. The molecule has 8 heteroatoms. The van der Waals surface area contributed by atoms with Gasteiger partial charge in [0.25, 0.3) is 0 Å². The number of methoxy groups -OCH3 is 1. The maximum atomic E-state index is 12.7. The van der Waals surface area contributed by atoms with Gasteiger partial charge < -0.3 is 20.1 Å². The van der Waals surface area contributed by atoms with Crippen LogP contribution in [0.25, 0.3) is 0 Å². The van der Waals surface area contributed by atoms with Crippen molar-refractivity contribution >= 4 is 40.9 Å². The van der Waals surface area contributed by atoms with Gasteiger partial charge in [0, 0.05) is 18.2 Å². The Morgan fingerprint density at radius 1 is 1.19 bits per heavy atom. The second-order valence-electron chi connectivity index (χ2n) is 7.23. The first-order valence-electron chi connectivity index (χ1n) is 9.03. The van der Waals surface area contributed by atoms with Crippen molar-refractivity contribution in [2.45, 2.75) is 52.0 Å². The lowest BCUT2D eigenvalue weighted by molar-refractivity contribution is -0.126. The van der Waals surface area contributed by atoms with E-state index in [4.69, 9.17) is 32.7 Å². The normalized spacial score (nSPS) is 17.1. The highest BCUT2D eigenvalue weighted by molar-refractivity contribution is 6.38. The number of benzene rings is 1. The minimum atomic E-state index is -0.685. The molecule has 0 heterocycles. The van der Waals surface area contributed by atoms with Gasteiger partial charge in [-0.15, -0.1) is 0 Å². The van der Waals surface area contributed by atoms with Crippen LogP contribution in [0, 0.1) is 5.41 Å². The topological polar surface area (TPSA) is 76.7 Å². The van der Waals surface area contributed by atoms with Crippen LogP contribution in [-0.4, -0.2) is 31.8 Å². The second-order valence-corrected chi connectivity index (χ2v) is 8.05. The first-order valence-corrected chi connectivity index (χ1v) is 9.78. The fourth-order valence-electron chi connectivity index (χ4n) is 3.19. The molecule has 2 amide bonds. The quantitative estimate of drug-likeness (QED) is 0.681. The fourth-order valence-corrected chi connectivity index (χ4v) is 3.75. The largest absolute Gasteiger partial charge is 0.412 e. The van der Waals surface area contributed by atoms with Crippen molar-refractivity contribution in [3.63, 3.8) is 0 Å². The van der Waals surface area contributed by atoms with Crippen LogP contribution in [0.2, 0.25) is 10.0 Å². The van der Waals surface area contributed by atoms with E-state index in [2.05, 4.69) is 10.6 Å². The van der Waals surface area contributed by atoms with Crippen molar-refractivity contribution in [3.8, 4) is 5.75 Å². The van der Waals surface area contributed by atoms with Gasteiger partial charge in [-0.3, -0.25) is 4.79 Å². The van der Waals surface area contributed by atoms with E-state index in [0.717, 1.165) is 32.1 Å². The molecule has 1 aromatic rings. The van der Waals surface area contributed by atoms with Crippen molar-refractivity contribution in [1.29, 1.82) is 0 Å². The van der Waals surface area contributed by atoms with Crippen LogP contribution in [0.4, 0.5) is 10.5 Å². The molecule has 1 unspecified atom stereocenters. The van der Waals surface area contributed by atoms with Crippen LogP contribution < -0.4 is 15.4 Å². The molecule has 2 N–H and O–H groups in total. The fraction of sp³-hybridized carbons (Fsp3) is 0.579. The monoisotopic (exact) mass is 416 g/mol. The summed E-state index contributed by atoms with van der Waals surface area (Å²) in [6.07, 6.45) is 4.30. The summed E-state index contributed by atoms with van der Waals surface area (Å²) in [5.74, 6) is -0.00328. The van der Waals surface area contributed by atoms with Gasteiger partial charge in [-0.05, 0) is 31.9 Å². The third-order valence-electron chi connectivity index (χ3n) is 4.74. The lowest BCUT2D eigenvalue weighted by Crippen LogP contribution is -2.37. The van der Waals surface area contributed by atoms with Gasteiger partial charge in [-0.2, -0.15) is 0 Å². The van der Waals surface area contributed by atoms with E-state index in [1.165, 1.54) is 19.2 Å². The number of ether oxygens (including phenoxy) is 2. The maximum Gasteiger partial charge on any atom is 0.412 e. The molecule has 1 aliphatic rings. The number of anilines is 1. The highest BCUT2D eigenvalue weighted by Crippen LogP contribution is 2.39. The number of rotatable bonds is 6. The first kappa shape index (κ1) is 21.8. The molecule has 2 rings (SSSR count). The average molecular weight is 417 g/mol. The zero-order valence-corrected chi connectivity index (χ0v) is 17.4. The van der Waals surface area contributed by atoms with E-state index >= 15 is 0 Å². The average Bonchev–Trinajstić information content (AvgIpc) is 2.59. The Hall–Kier alpha value is -1.50. The molecule has 0 radical (unpaired) electrons. The molecule has 1 atom stereocenters. The number of nitrogens with one attached hydrogen (secondary N) is 2. The van der Waals surface area contributed by atoms with Gasteiger partial charge in [0.2, 0.25) is 5.91 Å². The predicted molar refractivity (Wildman–Crippen MR) is 107 cm³/mol. The zero-order valence-electron chi connectivity index (χ0n) is 15.9. The molecule has 0 aromatic heterocycles. The van der Waals surface area contributed by atoms with Gasteiger partial charge in [0.1, 0.15) is 0 Å². The summed E-state index contributed by atoms with van der Waals surface area (Å²) in [6.45, 7) is 4.10. The Labute approximate surface area is 169 Å². The molecule has 0 spiro atoms. The van der Waals surface area contributed by atoms with Crippen LogP contribution in [0.1, 0.15) is 46.0 Å². The molecule has 1 aliphatic carbocycles. The number of carbonyl (C=O) groups excluding carboxylic acids is 2. The van der Waals surface area contributed by atoms with Crippen LogP contribution in [0.5, 0.6) is 5.75 Å². The van der Waals surface area contributed by atoms with Crippen LogP contribution >= 0.6 is 23.2 Å². The second kappa shape index (κ2) is 9.62. The minimum absolute atomic E-state index is 0.0438. The molecule has 0 saturated heterocycles. The SMILES string of the molecule is COCC(C)NC(=O)Oc1c(Cl)cc(NC(=O)C2(C)CCCCC2)cc1Cl. The number of hydrogen-bond donors (Lipinski definition) is 2. The van der Waals surface area contributed by atoms with E-state index in [0.29, 0.717) is 12.3 Å². The van der Waals surface area contributed by atoms with E-state index in [9.17, 15) is 9.59 Å². The summed E-state index contributed by atoms with van der Waals surface area (Å²) in [7, 11) is 1.54. The molecule has 6 nitrogen and oxygen atoms in total. The highest BCUT2D eigenvalue weighted by atomic mass is 35.5. The Morgan fingerprint density at radius 2 is 1.78 bits per heavy atom. The van der Waals surface area contributed by atoms with Crippen LogP contribution in [0.15, 0.2) is 12.1 Å². The first-order chi connectivity index (χ1) is 12.7. The van der Waals surface area contributed by atoms with E-state index in [1.807, 2.05) is 6.92 Å². The Balaban J connectivity index is 2.05. The smallest absolute Gasteiger partial charge is 0.407 e. The van der Waals surface area contributed by atoms with E-state index in [-0.39, 0.29) is 33.2 Å². The van der Waals surface area contributed by atoms with Crippen molar-refractivity contribution in [3.05, 3.63) is 22.2 Å². The lowest BCUT2D eigenvalue weighted by Gasteiger charge is -2.32.